The van der Waals surface area contributed by atoms with Crippen LogP contribution in [0.4, 0.5) is 10.5 Å². The summed E-state index contributed by atoms with van der Waals surface area (Å²) < 4.78 is 5.33. The molecule has 0 fully saturated rings. The van der Waals surface area contributed by atoms with Gasteiger partial charge in [0.15, 0.2) is 6.73 Å². The van der Waals surface area contributed by atoms with Gasteiger partial charge in [-0.25, -0.2) is 4.79 Å². The zero-order valence-corrected chi connectivity index (χ0v) is 12.1. The van der Waals surface area contributed by atoms with Crippen molar-refractivity contribution in [2.45, 2.75) is 6.92 Å². The summed E-state index contributed by atoms with van der Waals surface area (Å²) in [5.41, 5.74) is 1.28. The lowest BCUT2D eigenvalue weighted by molar-refractivity contribution is 0.234. The first-order chi connectivity index (χ1) is 10.0. The largest absolute Gasteiger partial charge is 0.506 e. The van der Waals surface area contributed by atoms with Gasteiger partial charge in [0, 0.05) is 5.02 Å². The summed E-state index contributed by atoms with van der Waals surface area (Å²) in [5.74, 6) is 0.604. The van der Waals surface area contributed by atoms with Gasteiger partial charge in [-0.1, -0.05) is 17.7 Å². The van der Waals surface area contributed by atoms with Gasteiger partial charge in [0.05, 0.1) is 5.69 Å². The molecule has 110 valence electrons. The Morgan fingerprint density at radius 3 is 2.67 bits per heavy atom. The Kier molecular flexibility index (Phi) is 4.90. The molecule has 0 heterocycles. The van der Waals surface area contributed by atoms with E-state index in [-0.39, 0.29) is 12.5 Å². The molecule has 3 N–H and O–H groups in total. The summed E-state index contributed by atoms with van der Waals surface area (Å²) in [6.45, 7) is 1.87. The summed E-state index contributed by atoms with van der Waals surface area (Å²) in [5, 5.41) is 15.3. The van der Waals surface area contributed by atoms with E-state index in [4.69, 9.17) is 16.3 Å². The number of aryl methyl sites for hydroxylation is 1. The van der Waals surface area contributed by atoms with Gasteiger partial charge in [-0.15, -0.1) is 0 Å². The van der Waals surface area contributed by atoms with Crippen LogP contribution in [0.2, 0.25) is 5.02 Å². The number of phenols is 1. The fourth-order valence-electron chi connectivity index (χ4n) is 1.63. The lowest BCUT2D eigenvalue weighted by Gasteiger charge is -2.10. The molecular formula is C15H15ClN2O3. The molecule has 0 aliphatic carbocycles. The number of nitrogens with one attached hydrogen (secondary N) is 2. The van der Waals surface area contributed by atoms with Gasteiger partial charge >= 0.3 is 6.03 Å². The number of ether oxygens (including phenoxy) is 1. The molecule has 0 radical (unpaired) electrons. The van der Waals surface area contributed by atoms with Crippen molar-refractivity contribution in [3.63, 3.8) is 0 Å². The molecule has 0 spiro atoms. The molecule has 0 aromatic heterocycles. The van der Waals surface area contributed by atoms with Crippen LogP contribution in [0.5, 0.6) is 11.5 Å². The number of anilines is 1. The lowest BCUT2D eigenvalue weighted by Crippen LogP contribution is -2.32. The maximum atomic E-state index is 11.7. The van der Waals surface area contributed by atoms with Crippen molar-refractivity contribution in [2.75, 3.05) is 12.0 Å². The molecule has 21 heavy (non-hydrogen) atoms. The van der Waals surface area contributed by atoms with E-state index < -0.39 is 6.03 Å². The minimum Gasteiger partial charge on any atom is -0.506 e. The van der Waals surface area contributed by atoms with Crippen molar-refractivity contribution in [3.8, 4) is 11.5 Å². The first-order valence-corrected chi connectivity index (χ1v) is 6.65. The smallest absolute Gasteiger partial charge is 0.321 e. The Morgan fingerprint density at radius 2 is 1.95 bits per heavy atom. The van der Waals surface area contributed by atoms with Gasteiger partial charge in [0.25, 0.3) is 0 Å². The molecule has 0 saturated heterocycles. The second-order valence-corrected chi connectivity index (χ2v) is 4.83. The van der Waals surface area contributed by atoms with Crippen LogP contribution in [0.15, 0.2) is 42.5 Å². The van der Waals surface area contributed by atoms with Crippen molar-refractivity contribution >= 4 is 23.3 Å². The van der Waals surface area contributed by atoms with E-state index in [0.29, 0.717) is 16.5 Å². The van der Waals surface area contributed by atoms with Crippen molar-refractivity contribution in [2.24, 2.45) is 0 Å². The Morgan fingerprint density at radius 1 is 1.24 bits per heavy atom. The number of halogens is 1. The first-order valence-electron chi connectivity index (χ1n) is 6.27. The van der Waals surface area contributed by atoms with E-state index in [1.807, 2.05) is 6.92 Å². The van der Waals surface area contributed by atoms with Crippen LogP contribution in [0.25, 0.3) is 0 Å². The summed E-state index contributed by atoms with van der Waals surface area (Å²) in [7, 11) is 0. The molecule has 2 aromatic carbocycles. The fraction of sp³-hybridized carbons (Fsp3) is 0.133. The van der Waals surface area contributed by atoms with Crippen LogP contribution >= 0.6 is 11.6 Å². The third kappa shape index (κ3) is 4.57. The van der Waals surface area contributed by atoms with E-state index >= 15 is 0 Å². The molecule has 2 rings (SSSR count). The van der Waals surface area contributed by atoms with Gasteiger partial charge in [0.2, 0.25) is 0 Å². The number of benzene rings is 2. The number of phenolic OH excluding ortho intramolecular Hbond substituents is 1. The molecule has 0 aliphatic rings. The SMILES string of the molecule is Cc1ccc(O)c(NC(=O)NCOc2ccc(Cl)cc2)c1. The van der Waals surface area contributed by atoms with Crippen molar-refractivity contribution in [3.05, 3.63) is 53.1 Å². The highest BCUT2D eigenvalue weighted by atomic mass is 35.5. The van der Waals surface area contributed by atoms with Crippen LogP contribution in [0.1, 0.15) is 5.56 Å². The topological polar surface area (TPSA) is 70.6 Å². The Balaban J connectivity index is 1.82. The van der Waals surface area contributed by atoms with Crippen LogP contribution in [-0.2, 0) is 0 Å². The third-order valence-corrected chi connectivity index (χ3v) is 2.94. The molecule has 2 amide bonds. The predicted molar refractivity (Wildman–Crippen MR) is 81.9 cm³/mol. The maximum absolute atomic E-state index is 11.7. The number of carbonyl (C=O) groups is 1. The highest BCUT2D eigenvalue weighted by Crippen LogP contribution is 2.23. The van der Waals surface area contributed by atoms with E-state index in [1.54, 1.807) is 36.4 Å². The van der Waals surface area contributed by atoms with Crippen molar-refractivity contribution in [1.29, 1.82) is 0 Å². The van der Waals surface area contributed by atoms with E-state index in [1.165, 1.54) is 6.07 Å². The summed E-state index contributed by atoms with van der Waals surface area (Å²) >= 11 is 5.76. The van der Waals surface area contributed by atoms with Crippen LogP contribution in [-0.4, -0.2) is 17.9 Å². The van der Waals surface area contributed by atoms with E-state index in [9.17, 15) is 9.90 Å². The average molecular weight is 307 g/mol. The number of amides is 2. The van der Waals surface area contributed by atoms with Crippen LogP contribution in [0, 0.1) is 6.92 Å². The lowest BCUT2D eigenvalue weighted by atomic mass is 10.2. The Labute approximate surface area is 127 Å². The number of urea groups is 1. The first kappa shape index (κ1) is 15.0. The highest BCUT2D eigenvalue weighted by molar-refractivity contribution is 6.30. The number of aromatic hydroxyl groups is 1. The van der Waals surface area contributed by atoms with Gasteiger partial charge in [-0.3, -0.25) is 0 Å². The molecule has 0 unspecified atom stereocenters. The number of carbonyl (C=O) groups excluding carboxylic acids is 1. The van der Waals surface area contributed by atoms with Gasteiger partial charge < -0.3 is 20.5 Å². The second kappa shape index (κ2) is 6.85. The summed E-state index contributed by atoms with van der Waals surface area (Å²) in [6, 6.07) is 11.3. The molecule has 6 heteroatoms. The number of hydrogen-bond donors (Lipinski definition) is 3. The van der Waals surface area contributed by atoms with E-state index in [2.05, 4.69) is 10.6 Å². The standard InChI is InChI=1S/C15H15ClN2O3/c1-10-2-7-14(19)13(8-10)18-15(20)17-9-21-12-5-3-11(16)4-6-12/h2-8,19H,9H2,1H3,(H2,17,18,20). The Hall–Kier alpha value is -2.40. The zero-order valence-electron chi connectivity index (χ0n) is 11.4. The third-order valence-electron chi connectivity index (χ3n) is 2.69. The zero-order chi connectivity index (χ0) is 15.2. The molecule has 0 atom stereocenters. The quantitative estimate of drug-likeness (QED) is 0.598. The van der Waals surface area contributed by atoms with Gasteiger partial charge in [-0.05, 0) is 48.9 Å². The molecule has 0 bridgehead atoms. The maximum Gasteiger partial charge on any atom is 0.321 e. The summed E-state index contributed by atoms with van der Waals surface area (Å²) in [4.78, 5) is 11.7. The molecular weight excluding hydrogens is 292 g/mol. The van der Waals surface area contributed by atoms with Crippen molar-refractivity contribution in [1.82, 2.24) is 5.32 Å². The molecule has 5 nitrogen and oxygen atoms in total. The second-order valence-electron chi connectivity index (χ2n) is 4.39. The molecule has 2 aromatic rings. The molecule has 0 aliphatic heterocycles. The number of rotatable bonds is 4. The Bertz CT molecular complexity index is 629. The number of hydrogen-bond acceptors (Lipinski definition) is 3. The van der Waals surface area contributed by atoms with E-state index in [0.717, 1.165) is 5.56 Å². The monoisotopic (exact) mass is 306 g/mol. The minimum atomic E-state index is -0.468. The predicted octanol–water partition coefficient (Wildman–Crippen LogP) is 3.51. The minimum absolute atomic E-state index is 0.0000430. The van der Waals surface area contributed by atoms with Crippen LogP contribution in [0.3, 0.4) is 0 Å². The molecule has 0 saturated carbocycles. The fourth-order valence-corrected chi connectivity index (χ4v) is 1.76. The van der Waals surface area contributed by atoms with Gasteiger partial charge in [-0.2, -0.15) is 0 Å². The van der Waals surface area contributed by atoms with Gasteiger partial charge in [0.1, 0.15) is 11.5 Å². The summed E-state index contributed by atoms with van der Waals surface area (Å²) in [6.07, 6.45) is 0. The highest BCUT2D eigenvalue weighted by Gasteiger charge is 2.06. The van der Waals surface area contributed by atoms with Crippen molar-refractivity contribution < 1.29 is 14.6 Å². The van der Waals surface area contributed by atoms with Crippen LogP contribution < -0.4 is 15.4 Å². The average Bonchev–Trinajstić information content (AvgIpc) is 2.45. The normalized spacial score (nSPS) is 10.0.